The third-order valence-electron chi connectivity index (χ3n) is 5.06. The summed E-state index contributed by atoms with van der Waals surface area (Å²) in [4.78, 5) is 0. The molecule has 0 fully saturated rings. The highest BCUT2D eigenvalue weighted by Crippen LogP contribution is 2.43. The van der Waals surface area contributed by atoms with Gasteiger partial charge in [0.05, 0.1) is 5.56 Å². The first-order valence-electron chi connectivity index (χ1n) is 8.97. The van der Waals surface area contributed by atoms with Crippen LogP contribution in [0.4, 0.5) is 30.7 Å². The maximum Gasteiger partial charge on any atom is 0.573 e. The molecule has 0 atom stereocenters. The SMILES string of the molecule is CCc1ccc2c(c1)Cc1c-2cc(F)c(-c2cc(F)c(OC(F)(F)F)c(F)c2)c1F. The number of rotatable bonds is 3. The molecule has 0 aliphatic heterocycles. The van der Waals surface area contributed by atoms with Gasteiger partial charge in [-0.2, -0.15) is 0 Å². The summed E-state index contributed by atoms with van der Waals surface area (Å²) in [6.07, 6.45) is -4.40. The minimum Gasteiger partial charge on any atom is -0.399 e. The summed E-state index contributed by atoms with van der Waals surface area (Å²) in [6, 6.07) is 7.39. The van der Waals surface area contributed by atoms with Crippen LogP contribution in [-0.2, 0) is 12.8 Å². The summed E-state index contributed by atoms with van der Waals surface area (Å²) in [5, 5.41) is 0. The summed E-state index contributed by atoms with van der Waals surface area (Å²) >= 11 is 0. The van der Waals surface area contributed by atoms with Gasteiger partial charge in [-0.3, -0.25) is 0 Å². The van der Waals surface area contributed by atoms with Gasteiger partial charge in [0.25, 0.3) is 0 Å². The van der Waals surface area contributed by atoms with Crippen LogP contribution in [0, 0.1) is 23.3 Å². The van der Waals surface area contributed by atoms with E-state index in [4.69, 9.17) is 0 Å². The van der Waals surface area contributed by atoms with E-state index >= 15 is 4.39 Å². The van der Waals surface area contributed by atoms with Crippen molar-refractivity contribution in [2.75, 3.05) is 0 Å². The van der Waals surface area contributed by atoms with Gasteiger partial charge in [-0.1, -0.05) is 25.1 Å². The van der Waals surface area contributed by atoms with Crippen molar-refractivity contribution in [3.05, 3.63) is 76.4 Å². The molecule has 3 aromatic carbocycles. The molecular formula is C22H13F7O. The minimum atomic E-state index is -5.32. The molecule has 0 bridgehead atoms. The van der Waals surface area contributed by atoms with E-state index < -0.39 is 46.5 Å². The van der Waals surface area contributed by atoms with E-state index in [-0.39, 0.29) is 12.0 Å². The number of ether oxygens (including phenoxy) is 1. The molecule has 1 aliphatic rings. The zero-order chi connectivity index (χ0) is 21.8. The first-order valence-corrected chi connectivity index (χ1v) is 8.97. The Balaban J connectivity index is 1.82. The number of halogens is 7. The van der Waals surface area contributed by atoms with Crippen molar-refractivity contribution in [3.63, 3.8) is 0 Å². The molecule has 0 radical (unpaired) electrons. The molecule has 0 saturated carbocycles. The van der Waals surface area contributed by atoms with Gasteiger partial charge in [-0.15, -0.1) is 13.2 Å². The van der Waals surface area contributed by atoms with Crippen molar-refractivity contribution in [1.29, 1.82) is 0 Å². The average Bonchev–Trinajstić information content (AvgIpc) is 3.02. The van der Waals surface area contributed by atoms with E-state index in [0.29, 0.717) is 23.3 Å². The molecule has 0 saturated heterocycles. The third-order valence-corrected chi connectivity index (χ3v) is 5.06. The van der Waals surface area contributed by atoms with Gasteiger partial charge >= 0.3 is 6.36 Å². The zero-order valence-corrected chi connectivity index (χ0v) is 15.4. The fourth-order valence-electron chi connectivity index (χ4n) is 3.72. The Kier molecular flexibility index (Phi) is 4.75. The smallest absolute Gasteiger partial charge is 0.399 e. The molecule has 1 aliphatic carbocycles. The molecule has 1 nitrogen and oxygen atoms in total. The topological polar surface area (TPSA) is 9.23 Å². The summed E-state index contributed by atoms with van der Waals surface area (Å²) in [6.45, 7) is 1.96. The molecular weight excluding hydrogens is 413 g/mol. The number of alkyl halides is 3. The standard InChI is InChI=1S/C22H13F7O/c1-2-10-3-4-13-11(5-10)6-15-14(13)9-16(23)19(20(15)26)12-7-17(24)21(18(25)8-12)30-22(27,28)29/h3-5,7-9H,2,6H2,1H3. The van der Waals surface area contributed by atoms with Crippen molar-refractivity contribution < 1.29 is 35.5 Å². The van der Waals surface area contributed by atoms with Crippen LogP contribution < -0.4 is 4.74 Å². The normalized spacial score (nSPS) is 12.7. The molecule has 30 heavy (non-hydrogen) atoms. The highest BCUT2D eigenvalue weighted by molar-refractivity contribution is 5.81. The molecule has 0 spiro atoms. The molecule has 156 valence electrons. The Morgan fingerprint density at radius 3 is 2.13 bits per heavy atom. The first kappa shape index (κ1) is 20.3. The maximum absolute atomic E-state index is 15.2. The van der Waals surface area contributed by atoms with Crippen molar-refractivity contribution in [1.82, 2.24) is 0 Å². The lowest BCUT2D eigenvalue weighted by Crippen LogP contribution is -2.19. The van der Waals surface area contributed by atoms with Gasteiger partial charge in [0.1, 0.15) is 11.6 Å². The zero-order valence-electron chi connectivity index (χ0n) is 15.4. The number of hydrogen-bond donors (Lipinski definition) is 0. The third kappa shape index (κ3) is 3.40. The summed E-state index contributed by atoms with van der Waals surface area (Å²) in [5.41, 5.74) is 1.70. The predicted molar refractivity (Wildman–Crippen MR) is 96.0 cm³/mol. The van der Waals surface area contributed by atoms with Crippen LogP contribution in [-0.4, -0.2) is 6.36 Å². The van der Waals surface area contributed by atoms with Gasteiger partial charge < -0.3 is 4.74 Å². The van der Waals surface area contributed by atoms with E-state index in [2.05, 4.69) is 4.74 Å². The van der Waals surface area contributed by atoms with E-state index in [1.54, 1.807) is 6.07 Å². The Bertz CT molecular complexity index is 1140. The lowest BCUT2D eigenvalue weighted by Gasteiger charge is -2.14. The van der Waals surface area contributed by atoms with Crippen LogP contribution in [0.15, 0.2) is 36.4 Å². The van der Waals surface area contributed by atoms with Crippen LogP contribution in [0.25, 0.3) is 22.3 Å². The van der Waals surface area contributed by atoms with Crippen LogP contribution >= 0.6 is 0 Å². The maximum atomic E-state index is 15.2. The second-order valence-electron chi connectivity index (χ2n) is 6.91. The number of hydrogen-bond acceptors (Lipinski definition) is 1. The molecule has 0 heterocycles. The highest BCUT2D eigenvalue weighted by Gasteiger charge is 2.35. The number of fused-ring (bicyclic) bond motifs is 3. The van der Waals surface area contributed by atoms with Crippen LogP contribution in [0.3, 0.4) is 0 Å². The fraction of sp³-hybridized carbons (Fsp3) is 0.182. The monoisotopic (exact) mass is 426 g/mol. The molecule has 0 aromatic heterocycles. The molecule has 0 amide bonds. The predicted octanol–water partition coefficient (Wildman–Crippen LogP) is 6.94. The van der Waals surface area contributed by atoms with Crippen molar-refractivity contribution in [2.45, 2.75) is 26.1 Å². The largest absolute Gasteiger partial charge is 0.573 e. The second kappa shape index (κ2) is 7.04. The molecule has 8 heteroatoms. The van der Waals surface area contributed by atoms with E-state index in [9.17, 15) is 26.3 Å². The fourth-order valence-corrected chi connectivity index (χ4v) is 3.72. The molecule has 3 aromatic rings. The average molecular weight is 426 g/mol. The van der Waals surface area contributed by atoms with Gasteiger partial charge in [-0.05, 0) is 52.4 Å². The van der Waals surface area contributed by atoms with E-state index in [1.165, 1.54) is 0 Å². The first-order chi connectivity index (χ1) is 14.1. The molecule has 4 rings (SSSR count). The van der Waals surface area contributed by atoms with E-state index in [0.717, 1.165) is 23.6 Å². The highest BCUT2D eigenvalue weighted by atomic mass is 19.4. The molecule has 0 unspecified atom stereocenters. The second-order valence-corrected chi connectivity index (χ2v) is 6.91. The van der Waals surface area contributed by atoms with E-state index in [1.807, 2.05) is 19.1 Å². The van der Waals surface area contributed by atoms with Crippen molar-refractivity contribution >= 4 is 0 Å². The number of benzene rings is 3. The Labute approximate surface area is 166 Å². The summed E-state index contributed by atoms with van der Waals surface area (Å²) in [5.74, 6) is -7.23. The lowest BCUT2D eigenvalue weighted by molar-refractivity contribution is -0.276. The van der Waals surface area contributed by atoms with Gasteiger partial charge in [0.15, 0.2) is 11.6 Å². The van der Waals surface area contributed by atoms with Gasteiger partial charge in [0.2, 0.25) is 5.75 Å². The Morgan fingerprint density at radius 2 is 1.53 bits per heavy atom. The summed E-state index contributed by atoms with van der Waals surface area (Å²) in [7, 11) is 0. The van der Waals surface area contributed by atoms with Crippen molar-refractivity contribution in [3.8, 4) is 28.0 Å². The molecule has 0 N–H and O–H groups in total. The Morgan fingerprint density at radius 1 is 0.867 bits per heavy atom. The summed E-state index contributed by atoms with van der Waals surface area (Å²) < 4.78 is 98.3. The van der Waals surface area contributed by atoms with Gasteiger partial charge in [0, 0.05) is 12.0 Å². The Hall–Kier alpha value is -3.03. The number of aryl methyl sites for hydroxylation is 1. The van der Waals surface area contributed by atoms with Crippen molar-refractivity contribution in [2.24, 2.45) is 0 Å². The minimum absolute atomic E-state index is 0.158. The van der Waals surface area contributed by atoms with Gasteiger partial charge in [-0.25, -0.2) is 17.6 Å². The van der Waals surface area contributed by atoms with Crippen LogP contribution in [0.2, 0.25) is 0 Å². The van der Waals surface area contributed by atoms with Crippen LogP contribution in [0.1, 0.15) is 23.6 Å². The quantitative estimate of drug-likeness (QED) is 0.323. The lowest BCUT2D eigenvalue weighted by atomic mass is 9.97. The van der Waals surface area contributed by atoms with Crippen LogP contribution in [0.5, 0.6) is 5.75 Å².